The molecule has 7 heteroatoms. The number of anilines is 1. The molecule has 25 heavy (non-hydrogen) atoms. The number of aryl methyl sites for hydroxylation is 2. The number of hydrogen-bond acceptors (Lipinski definition) is 5. The van der Waals surface area contributed by atoms with Crippen molar-refractivity contribution in [2.24, 2.45) is 5.92 Å². The fourth-order valence-electron chi connectivity index (χ4n) is 3.05. The van der Waals surface area contributed by atoms with Gasteiger partial charge in [0.1, 0.15) is 0 Å². The summed E-state index contributed by atoms with van der Waals surface area (Å²) in [6.45, 7) is 3.67. The fourth-order valence-corrected chi connectivity index (χ4v) is 4.91. The summed E-state index contributed by atoms with van der Waals surface area (Å²) in [6, 6.07) is 5.88. The molecule has 1 saturated heterocycles. The SMILES string of the molecule is CCc1cccc(CC)c1NC(=O)COC(=O)C[C@H]1CCS(=O)(=O)C1. The van der Waals surface area contributed by atoms with Crippen molar-refractivity contribution in [2.75, 3.05) is 23.4 Å². The molecule has 138 valence electrons. The minimum Gasteiger partial charge on any atom is -0.456 e. The highest BCUT2D eigenvalue weighted by molar-refractivity contribution is 7.91. The van der Waals surface area contributed by atoms with Crippen LogP contribution in [0.2, 0.25) is 0 Å². The second-order valence-electron chi connectivity index (χ2n) is 6.34. The Balaban J connectivity index is 1.86. The maximum atomic E-state index is 12.1. The van der Waals surface area contributed by atoms with E-state index in [1.165, 1.54) is 0 Å². The minimum absolute atomic E-state index is 0.0258. The monoisotopic (exact) mass is 367 g/mol. The average molecular weight is 367 g/mol. The molecule has 1 aromatic carbocycles. The summed E-state index contributed by atoms with van der Waals surface area (Å²) < 4.78 is 27.8. The van der Waals surface area contributed by atoms with E-state index in [1.54, 1.807) is 0 Å². The molecule has 1 amide bonds. The molecule has 0 aromatic heterocycles. The van der Waals surface area contributed by atoms with E-state index in [0.29, 0.717) is 6.42 Å². The third kappa shape index (κ3) is 5.56. The lowest BCUT2D eigenvalue weighted by Crippen LogP contribution is -2.23. The molecule has 0 saturated carbocycles. The normalized spacial score (nSPS) is 18.7. The Morgan fingerprint density at radius 1 is 1.20 bits per heavy atom. The topological polar surface area (TPSA) is 89.5 Å². The standard InChI is InChI=1S/C18H25NO5S/c1-3-14-6-5-7-15(4-2)18(14)19-16(20)11-24-17(21)10-13-8-9-25(22,23)12-13/h5-7,13H,3-4,8-12H2,1-2H3,(H,19,20)/t13-/m1/s1. The summed E-state index contributed by atoms with van der Waals surface area (Å²) in [4.78, 5) is 23.9. The van der Waals surface area contributed by atoms with E-state index in [0.717, 1.165) is 29.7 Å². The van der Waals surface area contributed by atoms with E-state index in [4.69, 9.17) is 4.74 Å². The van der Waals surface area contributed by atoms with Crippen molar-refractivity contribution in [3.05, 3.63) is 29.3 Å². The van der Waals surface area contributed by atoms with Gasteiger partial charge in [-0.25, -0.2) is 8.42 Å². The van der Waals surface area contributed by atoms with E-state index in [9.17, 15) is 18.0 Å². The number of carbonyl (C=O) groups excluding carboxylic acids is 2. The van der Waals surface area contributed by atoms with Crippen molar-refractivity contribution >= 4 is 27.4 Å². The maximum Gasteiger partial charge on any atom is 0.306 e. The molecule has 6 nitrogen and oxygen atoms in total. The van der Waals surface area contributed by atoms with Gasteiger partial charge < -0.3 is 10.1 Å². The Morgan fingerprint density at radius 2 is 1.84 bits per heavy atom. The molecular weight excluding hydrogens is 342 g/mol. The minimum atomic E-state index is -3.02. The van der Waals surface area contributed by atoms with Crippen LogP contribution in [-0.2, 0) is 37.0 Å². The number of esters is 1. The molecule has 1 atom stereocenters. The first kappa shape index (κ1) is 19.4. The Hall–Kier alpha value is -1.89. The third-order valence-corrected chi connectivity index (χ3v) is 6.25. The van der Waals surface area contributed by atoms with Gasteiger partial charge in [0.05, 0.1) is 11.5 Å². The van der Waals surface area contributed by atoms with Gasteiger partial charge in [0, 0.05) is 12.1 Å². The molecule has 0 spiro atoms. The van der Waals surface area contributed by atoms with Crippen LogP contribution in [-0.4, -0.2) is 38.4 Å². The first-order valence-electron chi connectivity index (χ1n) is 8.61. The number of sulfone groups is 1. The summed E-state index contributed by atoms with van der Waals surface area (Å²) in [6.07, 6.45) is 2.10. The van der Waals surface area contributed by atoms with Gasteiger partial charge in [-0.05, 0) is 36.3 Å². The number of para-hydroxylation sites is 1. The van der Waals surface area contributed by atoms with Crippen molar-refractivity contribution < 1.29 is 22.7 Å². The molecule has 2 rings (SSSR count). The van der Waals surface area contributed by atoms with Crippen LogP contribution in [0.1, 0.15) is 37.8 Å². The van der Waals surface area contributed by atoms with Crippen molar-refractivity contribution in [3.63, 3.8) is 0 Å². The van der Waals surface area contributed by atoms with Crippen molar-refractivity contribution in [2.45, 2.75) is 39.5 Å². The van der Waals surface area contributed by atoms with Gasteiger partial charge >= 0.3 is 5.97 Å². The lowest BCUT2D eigenvalue weighted by molar-refractivity contribution is -0.148. The Labute approximate surface area is 148 Å². The van der Waals surface area contributed by atoms with Gasteiger partial charge in [0.2, 0.25) is 0 Å². The van der Waals surface area contributed by atoms with E-state index < -0.39 is 15.8 Å². The number of ether oxygens (including phenoxy) is 1. The van der Waals surface area contributed by atoms with Gasteiger partial charge in [-0.2, -0.15) is 0 Å². The molecule has 1 N–H and O–H groups in total. The van der Waals surface area contributed by atoms with E-state index in [1.807, 2.05) is 32.0 Å². The second-order valence-corrected chi connectivity index (χ2v) is 8.57. The van der Waals surface area contributed by atoms with E-state index >= 15 is 0 Å². The highest BCUT2D eigenvalue weighted by Crippen LogP contribution is 2.23. The lowest BCUT2D eigenvalue weighted by Gasteiger charge is -2.14. The summed E-state index contributed by atoms with van der Waals surface area (Å²) in [7, 11) is -3.02. The van der Waals surface area contributed by atoms with Gasteiger partial charge in [-0.1, -0.05) is 32.0 Å². The quantitative estimate of drug-likeness (QED) is 0.746. The highest BCUT2D eigenvalue weighted by atomic mass is 32.2. The van der Waals surface area contributed by atoms with Crippen LogP contribution in [0.3, 0.4) is 0 Å². The number of amides is 1. The predicted molar refractivity (Wildman–Crippen MR) is 96.2 cm³/mol. The molecule has 1 aliphatic rings. The van der Waals surface area contributed by atoms with Crippen LogP contribution in [0.15, 0.2) is 18.2 Å². The van der Waals surface area contributed by atoms with Crippen LogP contribution in [0, 0.1) is 5.92 Å². The lowest BCUT2D eigenvalue weighted by atomic mass is 10.0. The molecular formula is C18H25NO5S. The number of carbonyl (C=O) groups is 2. The zero-order chi connectivity index (χ0) is 18.4. The summed E-state index contributed by atoms with van der Waals surface area (Å²) in [5.74, 6) is -0.968. The molecule has 0 radical (unpaired) electrons. The largest absolute Gasteiger partial charge is 0.456 e. The number of rotatable bonds is 7. The summed E-state index contributed by atoms with van der Waals surface area (Å²) >= 11 is 0. The molecule has 1 aromatic rings. The summed E-state index contributed by atoms with van der Waals surface area (Å²) in [5.41, 5.74) is 2.86. The highest BCUT2D eigenvalue weighted by Gasteiger charge is 2.30. The predicted octanol–water partition coefficient (Wildman–Crippen LogP) is 2.12. The molecule has 0 aliphatic carbocycles. The molecule has 0 bridgehead atoms. The Kier molecular flexibility index (Phi) is 6.58. The molecule has 1 heterocycles. The van der Waals surface area contributed by atoms with Gasteiger partial charge in [0.15, 0.2) is 16.4 Å². The number of nitrogens with one attached hydrogen (secondary N) is 1. The van der Waals surface area contributed by atoms with Crippen molar-refractivity contribution in [1.29, 1.82) is 0 Å². The molecule has 1 fully saturated rings. The van der Waals surface area contributed by atoms with Crippen LogP contribution in [0.25, 0.3) is 0 Å². The summed E-state index contributed by atoms with van der Waals surface area (Å²) in [5, 5.41) is 2.83. The zero-order valence-electron chi connectivity index (χ0n) is 14.7. The molecule has 1 aliphatic heterocycles. The van der Waals surface area contributed by atoms with E-state index in [-0.39, 0.29) is 36.4 Å². The van der Waals surface area contributed by atoms with Gasteiger partial charge in [-0.15, -0.1) is 0 Å². The van der Waals surface area contributed by atoms with Gasteiger partial charge in [0.25, 0.3) is 5.91 Å². The van der Waals surface area contributed by atoms with Crippen LogP contribution >= 0.6 is 0 Å². The maximum absolute atomic E-state index is 12.1. The Morgan fingerprint density at radius 3 is 2.36 bits per heavy atom. The van der Waals surface area contributed by atoms with Gasteiger partial charge in [-0.3, -0.25) is 9.59 Å². The fraction of sp³-hybridized carbons (Fsp3) is 0.556. The third-order valence-electron chi connectivity index (χ3n) is 4.41. The first-order chi connectivity index (χ1) is 11.8. The number of hydrogen-bond donors (Lipinski definition) is 1. The molecule has 0 unspecified atom stereocenters. The van der Waals surface area contributed by atoms with Crippen LogP contribution < -0.4 is 5.32 Å². The first-order valence-corrected chi connectivity index (χ1v) is 10.4. The van der Waals surface area contributed by atoms with Crippen molar-refractivity contribution in [3.8, 4) is 0 Å². The van der Waals surface area contributed by atoms with Crippen LogP contribution in [0.5, 0.6) is 0 Å². The number of benzene rings is 1. The zero-order valence-corrected chi connectivity index (χ0v) is 15.5. The van der Waals surface area contributed by atoms with E-state index in [2.05, 4.69) is 5.32 Å². The Bertz CT molecular complexity index is 720. The second kappa shape index (κ2) is 8.47. The van der Waals surface area contributed by atoms with Crippen molar-refractivity contribution in [1.82, 2.24) is 0 Å². The van der Waals surface area contributed by atoms with Crippen LogP contribution in [0.4, 0.5) is 5.69 Å². The average Bonchev–Trinajstić information content (AvgIpc) is 2.91. The smallest absolute Gasteiger partial charge is 0.306 e.